The Balaban J connectivity index is 1.75. The van der Waals surface area contributed by atoms with E-state index in [4.69, 9.17) is 11.6 Å². The number of hydrogen-bond acceptors (Lipinski definition) is 4. The van der Waals surface area contributed by atoms with Gasteiger partial charge in [0.2, 0.25) is 0 Å². The number of Topliss-reactive ketones (excluding diaryl/α,β-unsaturated/α-hetero) is 2. The van der Waals surface area contributed by atoms with Crippen molar-refractivity contribution >= 4 is 35.0 Å². The molecule has 0 saturated heterocycles. The lowest BCUT2D eigenvalue weighted by molar-refractivity contribution is 0.0904. The summed E-state index contributed by atoms with van der Waals surface area (Å²) in [7, 11) is 0. The quantitative estimate of drug-likeness (QED) is 0.401. The maximum absolute atomic E-state index is 12.7. The maximum Gasteiger partial charge on any atom is 0.268 e. The van der Waals surface area contributed by atoms with Gasteiger partial charge in [0.1, 0.15) is 11.4 Å². The van der Waals surface area contributed by atoms with Crippen LogP contribution in [0.5, 0.6) is 0 Å². The minimum atomic E-state index is -0.569. The van der Waals surface area contributed by atoms with Gasteiger partial charge in [-0.15, -0.1) is 0 Å². The molecule has 8 nitrogen and oxygen atoms in total. The molecule has 160 valence electrons. The zero-order chi connectivity index (χ0) is 22.5. The van der Waals surface area contributed by atoms with Gasteiger partial charge in [-0.05, 0) is 43.7 Å². The Bertz CT molecular complexity index is 1130. The molecule has 3 rings (SSSR count). The highest BCUT2D eigenvalue weighted by Crippen LogP contribution is 2.17. The number of aromatic amines is 2. The van der Waals surface area contributed by atoms with Crippen molar-refractivity contribution in [1.29, 1.82) is 0 Å². The summed E-state index contributed by atoms with van der Waals surface area (Å²) >= 11 is 5.96. The van der Waals surface area contributed by atoms with Crippen LogP contribution in [0, 0.1) is 0 Å². The predicted octanol–water partition coefficient (Wildman–Crippen LogP) is 3.30. The molecule has 0 saturated carbocycles. The first kappa shape index (κ1) is 22.0. The topological polar surface area (TPSA) is 124 Å². The summed E-state index contributed by atoms with van der Waals surface area (Å²) in [5.41, 5.74) is 2.00. The van der Waals surface area contributed by atoms with E-state index in [1.165, 1.54) is 38.4 Å². The Labute approximate surface area is 183 Å². The van der Waals surface area contributed by atoms with E-state index in [9.17, 15) is 19.2 Å². The first-order valence-corrected chi connectivity index (χ1v) is 9.85. The van der Waals surface area contributed by atoms with E-state index in [-0.39, 0.29) is 29.5 Å². The molecule has 0 bridgehead atoms. The summed E-state index contributed by atoms with van der Waals surface area (Å²) in [6.07, 6.45) is 2.93. The summed E-state index contributed by atoms with van der Waals surface area (Å²) in [4.78, 5) is 53.6. The van der Waals surface area contributed by atoms with Gasteiger partial charge >= 0.3 is 0 Å². The second kappa shape index (κ2) is 9.44. The highest BCUT2D eigenvalue weighted by molar-refractivity contribution is 6.30. The number of halogens is 1. The van der Waals surface area contributed by atoms with Crippen LogP contribution in [0.1, 0.15) is 67.1 Å². The number of ketones is 2. The molecule has 0 aliphatic heterocycles. The normalized spacial score (nSPS) is 11.6. The van der Waals surface area contributed by atoms with Crippen LogP contribution in [-0.2, 0) is 0 Å². The van der Waals surface area contributed by atoms with E-state index in [1.54, 1.807) is 24.3 Å². The van der Waals surface area contributed by atoms with Crippen LogP contribution in [0.25, 0.3) is 0 Å². The van der Waals surface area contributed by atoms with Gasteiger partial charge in [0.05, 0.1) is 6.04 Å². The highest BCUT2D eigenvalue weighted by Gasteiger charge is 2.19. The van der Waals surface area contributed by atoms with Crippen molar-refractivity contribution in [3.05, 3.63) is 81.9 Å². The first-order chi connectivity index (χ1) is 14.7. The van der Waals surface area contributed by atoms with Crippen LogP contribution in [0.4, 0.5) is 0 Å². The molecular weight excluding hydrogens is 420 g/mol. The second-order valence-corrected chi connectivity index (χ2v) is 7.44. The number of nitrogens with one attached hydrogen (secondary N) is 4. The molecule has 0 aliphatic carbocycles. The molecule has 2 amide bonds. The molecule has 0 aliphatic rings. The SMILES string of the molecule is CC(=O)c1c[nH]c(C(=O)NCC(NC(=O)c2cc(C(C)=O)c[nH]2)c2ccc(Cl)cc2)c1. The Hall–Kier alpha value is -3.65. The lowest BCUT2D eigenvalue weighted by Crippen LogP contribution is -2.38. The average Bonchev–Trinajstić information content (AvgIpc) is 3.41. The lowest BCUT2D eigenvalue weighted by atomic mass is 10.1. The predicted molar refractivity (Wildman–Crippen MR) is 116 cm³/mol. The van der Waals surface area contributed by atoms with Crippen molar-refractivity contribution < 1.29 is 19.2 Å². The van der Waals surface area contributed by atoms with Crippen molar-refractivity contribution in [2.45, 2.75) is 19.9 Å². The van der Waals surface area contributed by atoms with Gasteiger partial charge in [-0.3, -0.25) is 19.2 Å². The molecule has 2 heterocycles. The lowest BCUT2D eigenvalue weighted by Gasteiger charge is -2.19. The zero-order valence-corrected chi connectivity index (χ0v) is 17.7. The molecule has 0 fully saturated rings. The second-order valence-electron chi connectivity index (χ2n) is 7.00. The summed E-state index contributed by atoms with van der Waals surface area (Å²) in [5.74, 6) is -1.16. The van der Waals surface area contributed by atoms with Crippen LogP contribution >= 0.6 is 11.6 Å². The minimum absolute atomic E-state index is 0.0842. The van der Waals surface area contributed by atoms with Crippen molar-refractivity contribution in [3.8, 4) is 0 Å². The molecule has 1 unspecified atom stereocenters. The molecule has 1 atom stereocenters. The van der Waals surface area contributed by atoms with Crippen LogP contribution in [0.15, 0.2) is 48.8 Å². The van der Waals surface area contributed by atoms with Gasteiger partial charge in [-0.25, -0.2) is 0 Å². The van der Waals surface area contributed by atoms with E-state index in [2.05, 4.69) is 20.6 Å². The van der Waals surface area contributed by atoms with E-state index >= 15 is 0 Å². The Morgan fingerprint density at radius 1 is 0.871 bits per heavy atom. The fourth-order valence-electron chi connectivity index (χ4n) is 2.93. The van der Waals surface area contributed by atoms with Crippen LogP contribution in [0.2, 0.25) is 5.02 Å². The largest absolute Gasteiger partial charge is 0.356 e. The van der Waals surface area contributed by atoms with Gasteiger partial charge in [0.25, 0.3) is 11.8 Å². The average molecular weight is 441 g/mol. The third-order valence-electron chi connectivity index (χ3n) is 4.71. The maximum atomic E-state index is 12.7. The summed E-state index contributed by atoms with van der Waals surface area (Å²) in [5, 5.41) is 6.14. The van der Waals surface area contributed by atoms with Gasteiger partial charge < -0.3 is 20.6 Å². The fourth-order valence-corrected chi connectivity index (χ4v) is 3.06. The molecule has 2 aromatic heterocycles. The Morgan fingerprint density at radius 2 is 1.39 bits per heavy atom. The zero-order valence-electron chi connectivity index (χ0n) is 16.9. The molecule has 4 N–H and O–H groups in total. The number of amides is 2. The molecule has 3 aromatic rings. The summed E-state index contributed by atoms with van der Waals surface area (Å²) in [6.45, 7) is 2.91. The number of carbonyl (C=O) groups excluding carboxylic acids is 4. The van der Waals surface area contributed by atoms with Crippen molar-refractivity contribution in [2.75, 3.05) is 6.54 Å². The molecule has 0 radical (unpaired) electrons. The van der Waals surface area contributed by atoms with E-state index < -0.39 is 17.9 Å². The van der Waals surface area contributed by atoms with Crippen LogP contribution in [0.3, 0.4) is 0 Å². The van der Waals surface area contributed by atoms with Gasteiger partial charge in [0, 0.05) is 35.1 Å². The number of hydrogen-bond donors (Lipinski definition) is 4. The van der Waals surface area contributed by atoms with Gasteiger partial charge in [-0.2, -0.15) is 0 Å². The molecule has 9 heteroatoms. The summed E-state index contributed by atoms with van der Waals surface area (Å²) in [6, 6.07) is 9.23. The minimum Gasteiger partial charge on any atom is -0.356 e. The standard InChI is InChI=1S/C22H21ClN4O4/c1-12(28)15-7-18(24-9-15)21(30)26-11-20(14-3-5-17(23)6-4-14)27-22(31)19-8-16(10-25-19)13(2)29/h3-10,20,24-25H,11H2,1-2H3,(H,26,30)(H,27,31). The van der Waals surface area contributed by atoms with Crippen LogP contribution < -0.4 is 10.6 Å². The van der Waals surface area contributed by atoms with Crippen LogP contribution in [-0.4, -0.2) is 39.9 Å². The summed E-state index contributed by atoms with van der Waals surface area (Å²) < 4.78 is 0. The number of aromatic nitrogens is 2. The molecular formula is C22H21ClN4O4. The monoisotopic (exact) mass is 440 g/mol. The number of rotatable bonds is 8. The van der Waals surface area contributed by atoms with Gasteiger partial charge in [-0.1, -0.05) is 23.7 Å². The first-order valence-electron chi connectivity index (χ1n) is 9.48. The van der Waals surface area contributed by atoms with E-state index in [0.717, 1.165) is 5.56 Å². The van der Waals surface area contributed by atoms with E-state index in [0.29, 0.717) is 16.1 Å². The molecule has 31 heavy (non-hydrogen) atoms. The molecule has 1 aromatic carbocycles. The van der Waals surface area contributed by atoms with Crippen molar-refractivity contribution in [3.63, 3.8) is 0 Å². The van der Waals surface area contributed by atoms with E-state index in [1.807, 2.05) is 0 Å². The van der Waals surface area contributed by atoms with Crippen molar-refractivity contribution in [1.82, 2.24) is 20.6 Å². The Kier molecular flexibility index (Phi) is 6.71. The smallest absolute Gasteiger partial charge is 0.268 e. The number of H-pyrrole nitrogens is 2. The third kappa shape index (κ3) is 5.49. The third-order valence-corrected chi connectivity index (χ3v) is 4.96. The van der Waals surface area contributed by atoms with Crippen molar-refractivity contribution in [2.24, 2.45) is 0 Å². The fraction of sp³-hybridized carbons (Fsp3) is 0.182. The molecule has 0 spiro atoms. The number of carbonyl (C=O) groups is 4. The Morgan fingerprint density at radius 3 is 1.87 bits per heavy atom. The number of benzene rings is 1. The van der Waals surface area contributed by atoms with Gasteiger partial charge in [0.15, 0.2) is 11.6 Å². The highest BCUT2D eigenvalue weighted by atomic mass is 35.5.